The number of benzene rings is 3. The SMILES string of the molecule is COC(=O)c1ccc([C@@H]2C3=C(C[C@H](c4ccc(OC)c(OC)c4)CC3=O)Nc3ccccc3N2C(C)=O)cc1. The number of methoxy groups -OCH3 is 3. The molecule has 2 atom stereocenters. The largest absolute Gasteiger partial charge is 0.493 e. The van der Waals surface area contributed by atoms with Gasteiger partial charge in [0.2, 0.25) is 5.91 Å². The van der Waals surface area contributed by atoms with Crippen LogP contribution in [0.25, 0.3) is 0 Å². The van der Waals surface area contributed by atoms with Crippen molar-refractivity contribution in [2.75, 3.05) is 31.5 Å². The van der Waals surface area contributed by atoms with Crippen molar-refractivity contribution in [3.05, 3.63) is 94.7 Å². The molecule has 0 saturated heterocycles. The van der Waals surface area contributed by atoms with Gasteiger partial charge in [-0.15, -0.1) is 0 Å². The minimum atomic E-state index is -0.667. The van der Waals surface area contributed by atoms with Crippen LogP contribution < -0.4 is 19.7 Å². The van der Waals surface area contributed by atoms with E-state index in [4.69, 9.17) is 14.2 Å². The van der Waals surface area contributed by atoms with E-state index in [-0.39, 0.29) is 24.0 Å². The summed E-state index contributed by atoms with van der Waals surface area (Å²) in [6.45, 7) is 1.50. The van der Waals surface area contributed by atoms with Crippen LogP contribution in [0.4, 0.5) is 11.4 Å². The molecule has 0 unspecified atom stereocenters. The first-order valence-corrected chi connectivity index (χ1v) is 12.7. The van der Waals surface area contributed by atoms with Crippen molar-refractivity contribution in [1.82, 2.24) is 0 Å². The highest BCUT2D eigenvalue weighted by molar-refractivity contribution is 6.06. The van der Waals surface area contributed by atoms with Crippen LogP contribution in [-0.4, -0.2) is 39.0 Å². The van der Waals surface area contributed by atoms with Gasteiger partial charge in [0.05, 0.1) is 44.3 Å². The number of anilines is 2. The molecule has 1 N–H and O–H groups in total. The number of ketones is 1. The smallest absolute Gasteiger partial charge is 0.337 e. The van der Waals surface area contributed by atoms with Gasteiger partial charge in [0, 0.05) is 24.6 Å². The lowest BCUT2D eigenvalue weighted by Crippen LogP contribution is -2.37. The Morgan fingerprint density at radius 3 is 2.23 bits per heavy atom. The Bertz CT molecular complexity index is 1480. The van der Waals surface area contributed by atoms with Crippen molar-refractivity contribution < 1.29 is 28.6 Å². The second-order valence-electron chi connectivity index (χ2n) is 9.58. The van der Waals surface area contributed by atoms with Gasteiger partial charge in [-0.1, -0.05) is 30.3 Å². The first kappa shape index (κ1) is 26.0. The third kappa shape index (κ3) is 4.74. The van der Waals surface area contributed by atoms with Gasteiger partial charge in [0.15, 0.2) is 17.3 Å². The molecule has 5 rings (SSSR count). The van der Waals surface area contributed by atoms with Crippen molar-refractivity contribution >= 4 is 29.0 Å². The van der Waals surface area contributed by atoms with Crippen molar-refractivity contribution in [3.63, 3.8) is 0 Å². The van der Waals surface area contributed by atoms with E-state index in [0.29, 0.717) is 34.7 Å². The van der Waals surface area contributed by atoms with Crippen LogP contribution in [-0.2, 0) is 14.3 Å². The average Bonchev–Trinajstić information content (AvgIpc) is 3.11. The number of hydrogen-bond acceptors (Lipinski definition) is 7. The molecule has 3 aromatic rings. The second kappa shape index (κ2) is 10.6. The lowest BCUT2D eigenvalue weighted by Gasteiger charge is -2.34. The van der Waals surface area contributed by atoms with E-state index in [9.17, 15) is 14.4 Å². The van der Waals surface area contributed by atoms with E-state index in [1.54, 1.807) is 43.4 Å². The Balaban J connectivity index is 1.65. The molecule has 1 heterocycles. The maximum absolute atomic E-state index is 14.0. The summed E-state index contributed by atoms with van der Waals surface area (Å²) in [5.41, 5.74) is 4.82. The van der Waals surface area contributed by atoms with Gasteiger partial charge >= 0.3 is 5.97 Å². The van der Waals surface area contributed by atoms with Gasteiger partial charge < -0.3 is 19.5 Å². The zero-order valence-corrected chi connectivity index (χ0v) is 22.3. The first-order chi connectivity index (χ1) is 18.9. The number of ether oxygens (including phenoxy) is 3. The van der Waals surface area contributed by atoms with E-state index in [0.717, 1.165) is 22.5 Å². The number of nitrogens with zero attached hydrogens (tertiary/aromatic N) is 1. The van der Waals surface area contributed by atoms with Crippen LogP contribution in [0.3, 0.4) is 0 Å². The van der Waals surface area contributed by atoms with E-state index < -0.39 is 12.0 Å². The molecule has 0 saturated carbocycles. The van der Waals surface area contributed by atoms with Gasteiger partial charge in [-0.2, -0.15) is 0 Å². The number of carbonyl (C=O) groups is 3. The molecule has 2 aliphatic rings. The normalized spacial score (nSPS) is 18.4. The van der Waals surface area contributed by atoms with Gasteiger partial charge in [-0.25, -0.2) is 4.79 Å². The summed E-state index contributed by atoms with van der Waals surface area (Å²) in [6.07, 6.45) is 0.836. The van der Waals surface area contributed by atoms with E-state index in [2.05, 4.69) is 5.32 Å². The molecule has 0 radical (unpaired) electrons. The number of fused-ring (bicyclic) bond motifs is 1. The number of esters is 1. The fraction of sp³-hybridized carbons (Fsp3) is 0.258. The Morgan fingerprint density at radius 1 is 0.872 bits per heavy atom. The van der Waals surface area contributed by atoms with Crippen LogP contribution in [0.1, 0.15) is 53.2 Å². The molecule has 200 valence electrons. The van der Waals surface area contributed by atoms with E-state index in [1.165, 1.54) is 14.0 Å². The second-order valence-corrected chi connectivity index (χ2v) is 9.58. The van der Waals surface area contributed by atoms with Gasteiger partial charge in [0.25, 0.3) is 0 Å². The molecule has 0 bridgehead atoms. The molecule has 39 heavy (non-hydrogen) atoms. The molecule has 0 spiro atoms. The number of allylic oxidation sites excluding steroid dienone is 1. The quantitative estimate of drug-likeness (QED) is 0.444. The van der Waals surface area contributed by atoms with Crippen LogP contribution in [0.5, 0.6) is 11.5 Å². The number of amides is 1. The lowest BCUT2D eigenvalue weighted by molar-refractivity contribution is -0.117. The minimum absolute atomic E-state index is 0.0513. The summed E-state index contributed by atoms with van der Waals surface area (Å²) in [7, 11) is 4.50. The van der Waals surface area contributed by atoms with E-state index in [1.807, 2.05) is 42.5 Å². The molecule has 3 aromatic carbocycles. The predicted molar refractivity (Wildman–Crippen MR) is 147 cm³/mol. The minimum Gasteiger partial charge on any atom is -0.493 e. The van der Waals surface area contributed by atoms with Gasteiger partial charge in [-0.3, -0.25) is 14.5 Å². The van der Waals surface area contributed by atoms with Crippen LogP contribution in [0.15, 0.2) is 78.0 Å². The Hall–Kier alpha value is -4.59. The van der Waals surface area contributed by atoms with E-state index >= 15 is 0 Å². The number of nitrogens with one attached hydrogen (secondary N) is 1. The molecule has 1 aliphatic carbocycles. The Morgan fingerprint density at radius 2 is 1.56 bits per heavy atom. The summed E-state index contributed by atoms with van der Waals surface area (Å²) in [5.74, 6) is 0.427. The highest BCUT2D eigenvalue weighted by Gasteiger charge is 2.41. The third-order valence-electron chi connectivity index (χ3n) is 7.35. The molecular formula is C31H30N2O6. The summed E-state index contributed by atoms with van der Waals surface area (Å²) in [5, 5.41) is 3.50. The van der Waals surface area contributed by atoms with Crippen molar-refractivity contribution in [1.29, 1.82) is 0 Å². The molecule has 0 aromatic heterocycles. The zero-order valence-electron chi connectivity index (χ0n) is 22.3. The predicted octanol–water partition coefficient (Wildman–Crippen LogP) is 5.41. The topological polar surface area (TPSA) is 94.2 Å². The maximum atomic E-state index is 14.0. The Labute approximate surface area is 227 Å². The summed E-state index contributed by atoms with van der Waals surface area (Å²) in [4.78, 5) is 40.9. The number of hydrogen-bond donors (Lipinski definition) is 1. The third-order valence-corrected chi connectivity index (χ3v) is 7.35. The number of para-hydroxylation sites is 2. The van der Waals surface area contributed by atoms with Crippen molar-refractivity contribution in [2.24, 2.45) is 0 Å². The monoisotopic (exact) mass is 526 g/mol. The highest BCUT2D eigenvalue weighted by Crippen LogP contribution is 2.48. The standard InChI is InChI=1S/C31H30N2O6/c1-18(34)33-25-8-6-5-7-23(25)32-24-15-22(21-13-14-27(37-2)28(17-21)38-3)16-26(35)29(24)30(33)19-9-11-20(12-10-19)31(36)39-4/h5-14,17,22,30,32H,15-16H2,1-4H3/t22-,30+/m0/s1. The first-order valence-electron chi connectivity index (χ1n) is 12.7. The summed E-state index contributed by atoms with van der Waals surface area (Å²) in [6, 6.07) is 19.5. The molecule has 8 heteroatoms. The zero-order chi connectivity index (χ0) is 27.7. The van der Waals surface area contributed by atoms with Crippen molar-refractivity contribution in [2.45, 2.75) is 31.7 Å². The summed E-state index contributed by atoms with van der Waals surface area (Å²) < 4.78 is 15.7. The molecule has 1 aliphatic heterocycles. The van der Waals surface area contributed by atoms with Crippen LogP contribution in [0, 0.1) is 0 Å². The molecule has 1 amide bonds. The summed E-state index contributed by atoms with van der Waals surface area (Å²) >= 11 is 0. The molecule has 0 fully saturated rings. The van der Waals surface area contributed by atoms with Crippen LogP contribution >= 0.6 is 0 Å². The van der Waals surface area contributed by atoms with Gasteiger partial charge in [-0.05, 0) is 59.9 Å². The molecule has 8 nitrogen and oxygen atoms in total. The van der Waals surface area contributed by atoms with Gasteiger partial charge in [0.1, 0.15) is 0 Å². The lowest BCUT2D eigenvalue weighted by atomic mass is 9.78. The average molecular weight is 527 g/mol. The Kier molecular flexibility index (Phi) is 7.11. The molecular weight excluding hydrogens is 496 g/mol. The highest BCUT2D eigenvalue weighted by atomic mass is 16.5. The number of carbonyl (C=O) groups excluding carboxylic acids is 3. The number of rotatable bonds is 5. The van der Waals surface area contributed by atoms with Crippen LogP contribution in [0.2, 0.25) is 0 Å². The number of Topliss-reactive ketones (excluding diaryl/α,β-unsaturated/α-hetero) is 1. The maximum Gasteiger partial charge on any atom is 0.337 e. The fourth-order valence-corrected chi connectivity index (χ4v) is 5.52. The fourth-order valence-electron chi connectivity index (χ4n) is 5.52. The van der Waals surface area contributed by atoms with Crippen molar-refractivity contribution in [3.8, 4) is 11.5 Å².